The summed E-state index contributed by atoms with van der Waals surface area (Å²) in [6.45, 7) is 0. The maximum Gasteiger partial charge on any atom is 0.0829 e. The summed E-state index contributed by atoms with van der Waals surface area (Å²) in [5, 5.41) is 0. The Morgan fingerprint density at radius 1 is 0.375 bits per heavy atom. The molecule has 2 N–H and O–H groups in total. The molecular weight excluding hydrogens is 488 g/mol. The first-order valence-corrected chi connectivity index (χ1v) is 11.5. The van der Waals surface area contributed by atoms with Crippen LogP contribution in [0.1, 0.15) is 45.0 Å². The minimum Gasteiger partial charge on any atom is -0.353 e. The van der Waals surface area contributed by atoms with Crippen molar-refractivity contribution in [3.63, 3.8) is 0 Å². The second kappa shape index (κ2) is 9.51. The van der Waals surface area contributed by atoms with E-state index in [1.807, 2.05) is 0 Å². The van der Waals surface area contributed by atoms with Crippen molar-refractivity contribution in [1.29, 1.82) is 0 Å². The third-order valence-electron chi connectivity index (χ3n) is 6.40. The van der Waals surface area contributed by atoms with Crippen molar-refractivity contribution in [2.24, 2.45) is 0 Å². The summed E-state index contributed by atoms with van der Waals surface area (Å²) in [4.78, 5) is 15.9. The van der Waals surface area contributed by atoms with Crippen LogP contribution in [-0.2, 0) is 0 Å². The van der Waals surface area contributed by atoms with E-state index in [2.05, 4.69) is 57.3 Å². The summed E-state index contributed by atoms with van der Waals surface area (Å²) in [6, 6.07) is 6.76. The Morgan fingerprint density at radius 3 is 0.925 bits per heavy atom. The highest BCUT2D eigenvalue weighted by molar-refractivity contribution is 6.08. The highest BCUT2D eigenvalue weighted by Crippen LogP contribution is 2.34. The number of aromatic nitrogens is 4. The standard InChI is InChI=1S/C36H14N4/c1-9-21-22(10-2)30-18-32-25(13-5)26(14-6)34(39-32)20-36-28(16-8)27(15-7)35(40-36)19-33-24(12-4)23(11-3)31(38-33)17-29(21)37-30/h1-8,17-20,37-38H. The van der Waals surface area contributed by atoms with Crippen molar-refractivity contribution < 1.29 is 0 Å². The van der Waals surface area contributed by atoms with E-state index in [-0.39, 0.29) is 0 Å². The summed E-state index contributed by atoms with van der Waals surface area (Å²) >= 11 is 0. The van der Waals surface area contributed by atoms with Gasteiger partial charge in [-0.15, -0.1) is 51.4 Å². The number of aromatic amines is 2. The van der Waals surface area contributed by atoms with Gasteiger partial charge in [0.05, 0.1) is 89.4 Å². The van der Waals surface area contributed by atoms with Crippen LogP contribution in [0.15, 0.2) is 24.3 Å². The first-order chi connectivity index (χ1) is 19.5. The van der Waals surface area contributed by atoms with Gasteiger partial charge in [-0.3, -0.25) is 0 Å². The number of nitrogens with one attached hydrogen (secondary N) is 2. The van der Waals surface area contributed by atoms with Gasteiger partial charge in [0.1, 0.15) is 0 Å². The number of hydrogen-bond donors (Lipinski definition) is 2. The number of fused-ring (bicyclic) bond motifs is 8. The van der Waals surface area contributed by atoms with Gasteiger partial charge in [0.15, 0.2) is 0 Å². The Hall–Kier alpha value is -6.92. The van der Waals surface area contributed by atoms with Crippen LogP contribution in [0, 0.1) is 98.8 Å². The van der Waals surface area contributed by atoms with E-state index in [0.717, 1.165) is 0 Å². The van der Waals surface area contributed by atoms with Crippen molar-refractivity contribution in [3.8, 4) is 98.8 Å². The zero-order chi connectivity index (χ0) is 28.6. The molecule has 2 aliphatic heterocycles. The predicted octanol–water partition coefficient (Wildman–Crippen LogP) is 4.59. The highest BCUT2D eigenvalue weighted by atomic mass is 14.8. The van der Waals surface area contributed by atoms with Crippen LogP contribution in [0.5, 0.6) is 0 Å². The highest BCUT2D eigenvalue weighted by Gasteiger charge is 2.22. The van der Waals surface area contributed by atoms with Crippen LogP contribution < -0.4 is 0 Å². The van der Waals surface area contributed by atoms with E-state index < -0.39 is 0 Å². The van der Waals surface area contributed by atoms with Gasteiger partial charge in [-0.1, -0.05) is 47.4 Å². The number of nitrogens with zero attached hydrogens (tertiary/aromatic N) is 2. The van der Waals surface area contributed by atoms with E-state index in [0.29, 0.717) is 89.4 Å². The topological polar surface area (TPSA) is 57.4 Å². The number of H-pyrrole nitrogens is 2. The third-order valence-corrected chi connectivity index (χ3v) is 6.40. The van der Waals surface area contributed by atoms with E-state index >= 15 is 0 Å². The molecule has 0 aromatic carbocycles. The van der Waals surface area contributed by atoms with E-state index in [4.69, 9.17) is 61.4 Å². The Bertz CT molecular complexity index is 2130. The van der Waals surface area contributed by atoms with Crippen molar-refractivity contribution in [2.45, 2.75) is 0 Å². The summed E-state index contributed by atoms with van der Waals surface area (Å²) < 4.78 is 0. The van der Waals surface area contributed by atoms with Gasteiger partial charge in [-0.2, -0.15) is 0 Å². The van der Waals surface area contributed by atoms with Crippen LogP contribution in [0.2, 0.25) is 0 Å². The number of rotatable bonds is 0. The van der Waals surface area contributed by atoms with Gasteiger partial charge in [0, 0.05) is 0 Å². The average molecular weight is 503 g/mol. The zero-order valence-electron chi connectivity index (χ0n) is 20.8. The first-order valence-electron chi connectivity index (χ1n) is 11.5. The Morgan fingerprint density at radius 2 is 0.650 bits per heavy atom. The van der Waals surface area contributed by atoms with Gasteiger partial charge >= 0.3 is 0 Å². The fraction of sp³-hybridized carbons (Fsp3) is 0. The normalized spacial score (nSPS) is 11.6. The molecule has 5 rings (SSSR count). The third kappa shape index (κ3) is 3.54. The van der Waals surface area contributed by atoms with Gasteiger partial charge < -0.3 is 9.97 Å². The predicted molar refractivity (Wildman–Crippen MR) is 162 cm³/mol. The second-order valence-electron chi connectivity index (χ2n) is 8.40. The molecule has 0 spiro atoms. The van der Waals surface area contributed by atoms with Gasteiger partial charge in [-0.05, 0) is 24.3 Å². The molecule has 5 heterocycles. The number of hydrogen-bond acceptors (Lipinski definition) is 2. The van der Waals surface area contributed by atoms with Crippen molar-refractivity contribution >= 4 is 44.4 Å². The fourth-order valence-electron chi connectivity index (χ4n) is 4.66. The van der Waals surface area contributed by atoms with Crippen LogP contribution in [0.3, 0.4) is 0 Å². The lowest BCUT2D eigenvalue weighted by molar-refractivity contribution is 1.26. The zero-order valence-corrected chi connectivity index (χ0v) is 20.8. The molecule has 40 heavy (non-hydrogen) atoms. The molecule has 0 saturated carbocycles. The van der Waals surface area contributed by atoms with Gasteiger partial charge in [0.2, 0.25) is 0 Å². The Balaban J connectivity index is 2.12. The van der Waals surface area contributed by atoms with Crippen molar-refractivity contribution in [1.82, 2.24) is 19.9 Å². The molecule has 4 nitrogen and oxygen atoms in total. The second-order valence-corrected chi connectivity index (χ2v) is 8.40. The van der Waals surface area contributed by atoms with Gasteiger partial charge in [0.25, 0.3) is 0 Å². The van der Waals surface area contributed by atoms with Crippen molar-refractivity contribution in [2.75, 3.05) is 0 Å². The Labute approximate surface area is 232 Å². The molecule has 0 amide bonds. The lowest BCUT2D eigenvalue weighted by Gasteiger charge is -1.95. The molecule has 8 bridgehead atoms. The monoisotopic (exact) mass is 502 g/mol. The maximum absolute atomic E-state index is 5.87. The molecule has 3 aromatic rings. The lowest BCUT2D eigenvalue weighted by Crippen LogP contribution is -1.84. The molecule has 2 aliphatic rings. The van der Waals surface area contributed by atoms with E-state index in [1.54, 1.807) is 24.3 Å². The summed E-state index contributed by atoms with van der Waals surface area (Å²) in [6.07, 6.45) is 46.9. The van der Waals surface area contributed by atoms with Crippen LogP contribution in [-0.4, -0.2) is 19.9 Å². The summed E-state index contributed by atoms with van der Waals surface area (Å²) in [7, 11) is 0. The molecule has 4 heteroatoms. The van der Waals surface area contributed by atoms with E-state index in [9.17, 15) is 0 Å². The average Bonchev–Trinajstić information content (AvgIpc) is 3.67. The molecular formula is C36H14N4. The smallest absolute Gasteiger partial charge is 0.0829 e. The number of allylic oxidation sites excluding steroid dienone is 4. The largest absolute Gasteiger partial charge is 0.353 e. The SMILES string of the molecule is C#CC1=C(C#C)c2cc3[nH]c(cc4[nH]c(cc5nc(cc1n2)C(C#C)=C5C#C)c(C#C)c4C#C)c(C#C)c3C#C. The van der Waals surface area contributed by atoms with E-state index in [1.165, 1.54) is 0 Å². The van der Waals surface area contributed by atoms with Crippen molar-refractivity contribution in [3.05, 3.63) is 69.3 Å². The molecule has 0 radical (unpaired) electrons. The summed E-state index contributed by atoms with van der Waals surface area (Å²) in [5.74, 6) is 21.1. The molecule has 0 unspecified atom stereocenters. The van der Waals surface area contributed by atoms with Crippen LogP contribution in [0.25, 0.3) is 44.4 Å². The summed E-state index contributed by atoms with van der Waals surface area (Å²) in [5.41, 5.74) is 6.93. The Kier molecular flexibility index (Phi) is 5.89. The molecule has 0 fully saturated rings. The molecule has 3 aromatic heterocycles. The lowest BCUT2D eigenvalue weighted by atomic mass is 10.0. The first kappa shape index (κ1) is 24.8. The maximum atomic E-state index is 5.87. The number of terminal acetylenes is 8. The fourth-order valence-corrected chi connectivity index (χ4v) is 4.66. The quantitative estimate of drug-likeness (QED) is 0.442. The molecule has 0 atom stereocenters. The van der Waals surface area contributed by atoms with Gasteiger partial charge in [-0.25, -0.2) is 9.97 Å². The minimum atomic E-state index is 0.386. The minimum absolute atomic E-state index is 0.386. The van der Waals surface area contributed by atoms with Crippen LogP contribution >= 0.6 is 0 Å². The molecule has 0 aliphatic carbocycles. The molecule has 0 saturated heterocycles. The molecule has 178 valence electrons. The van der Waals surface area contributed by atoms with Crippen LogP contribution in [0.4, 0.5) is 0 Å².